The van der Waals surface area contributed by atoms with Crippen molar-refractivity contribution in [2.45, 2.75) is 20.4 Å². The van der Waals surface area contributed by atoms with Crippen LogP contribution in [0.25, 0.3) is 0 Å². The monoisotopic (exact) mass is 244 g/mol. The zero-order chi connectivity index (χ0) is 12.3. The molecule has 0 saturated carbocycles. The van der Waals surface area contributed by atoms with Gasteiger partial charge >= 0.3 is 0 Å². The summed E-state index contributed by atoms with van der Waals surface area (Å²) in [6.07, 6.45) is 1.67. The van der Waals surface area contributed by atoms with Crippen LogP contribution >= 0.6 is 11.3 Å². The highest BCUT2D eigenvalue weighted by Gasteiger charge is 2.06. The smallest absolute Gasteiger partial charge is 0.144 e. The van der Waals surface area contributed by atoms with E-state index in [4.69, 9.17) is 5.26 Å². The highest BCUT2D eigenvalue weighted by Crippen LogP contribution is 2.18. The fourth-order valence-electron chi connectivity index (χ4n) is 1.54. The van der Waals surface area contributed by atoms with Gasteiger partial charge in [0.05, 0.1) is 22.8 Å². The number of nitrogens with one attached hydrogen (secondary N) is 1. The van der Waals surface area contributed by atoms with E-state index in [1.165, 1.54) is 4.88 Å². The van der Waals surface area contributed by atoms with Gasteiger partial charge in [0.25, 0.3) is 0 Å². The first-order chi connectivity index (χ1) is 8.20. The average molecular weight is 244 g/mol. The molecule has 2 rings (SSSR count). The Kier molecular flexibility index (Phi) is 3.35. The van der Waals surface area contributed by atoms with Gasteiger partial charge in [-0.05, 0) is 26.0 Å². The Hall–Kier alpha value is -1.93. The number of aryl methyl sites for hydroxylation is 2. The number of anilines is 1. The van der Waals surface area contributed by atoms with Crippen molar-refractivity contribution < 1.29 is 0 Å². The van der Waals surface area contributed by atoms with E-state index < -0.39 is 0 Å². The number of rotatable bonds is 3. The van der Waals surface area contributed by atoms with Crippen LogP contribution in [0.2, 0.25) is 0 Å². The van der Waals surface area contributed by atoms with Crippen molar-refractivity contribution in [2.75, 3.05) is 5.32 Å². The van der Waals surface area contributed by atoms with Gasteiger partial charge in [-0.2, -0.15) is 5.26 Å². The SMILES string of the molecule is Cc1nc(CNc2ncccc2C#N)c(C)s1. The van der Waals surface area contributed by atoms with Gasteiger partial charge in [0, 0.05) is 11.1 Å². The summed E-state index contributed by atoms with van der Waals surface area (Å²) >= 11 is 1.68. The lowest BCUT2D eigenvalue weighted by Gasteiger charge is -2.05. The number of thiazole rings is 1. The minimum absolute atomic E-state index is 0.553. The van der Waals surface area contributed by atoms with E-state index in [1.54, 1.807) is 29.7 Å². The van der Waals surface area contributed by atoms with E-state index in [-0.39, 0.29) is 0 Å². The van der Waals surface area contributed by atoms with E-state index in [0.717, 1.165) is 10.7 Å². The van der Waals surface area contributed by atoms with Gasteiger partial charge in [-0.3, -0.25) is 0 Å². The number of nitriles is 1. The standard InChI is InChI=1S/C12H12N4S/c1-8-11(16-9(2)17-8)7-15-12-10(6-13)4-3-5-14-12/h3-5H,7H2,1-2H3,(H,14,15). The molecule has 4 nitrogen and oxygen atoms in total. The van der Waals surface area contributed by atoms with Gasteiger partial charge in [0.15, 0.2) is 0 Å². The van der Waals surface area contributed by atoms with Crippen LogP contribution in [0, 0.1) is 25.2 Å². The molecule has 0 aliphatic heterocycles. The maximum absolute atomic E-state index is 8.93. The third-order valence-electron chi connectivity index (χ3n) is 2.35. The molecular formula is C12H12N4S. The van der Waals surface area contributed by atoms with Crippen LogP contribution in [0.4, 0.5) is 5.82 Å². The van der Waals surface area contributed by atoms with Gasteiger partial charge in [-0.15, -0.1) is 11.3 Å². The van der Waals surface area contributed by atoms with Gasteiger partial charge < -0.3 is 5.32 Å². The quantitative estimate of drug-likeness (QED) is 0.901. The molecule has 0 bridgehead atoms. The zero-order valence-corrected chi connectivity index (χ0v) is 10.5. The van der Waals surface area contributed by atoms with E-state index >= 15 is 0 Å². The molecule has 86 valence electrons. The molecule has 0 aliphatic carbocycles. The molecule has 0 unspecified atom stereocenters. The Bertz CT molecular complexity index is 568. The first-order valence-electron chi connectivity index (χ1n) is 5.22. The molecule has 0 aliphatic rings. The number of hydrogen-bond donors (Lipinski definition) is 1. The van der Waals surface area contributed by atoms with Gasteiger partial charge in [0.2, 0.25) is 0 Å². The molecule has 0 radical (unpaired) electrons. The van der Waals surface area contributed by atoms with Crippen LogP contribution in [-0.4, -0.2) is 9.97 Å². The molecule has 0 aromatic carbocycles. The number of hydrogen-bond acceptors (Lipinski definition) is 5. The second-order valence-corrected chi connectivity index (χ2v) is 5.01. The van der Waals surface area contributed by atoms with Crippen molar-refractivity contribution in [3.63, 3.8) is 0 Å². The van der Waals surface area contributed by atoms with Crippen LogP contribution in [0.15, 0.2) is 18.3 Å². The van der Waals surface area contributed by atoms with Crippen LogP contribution in [0.3, 0.4) is 0 Å². The van der Waals surface area contributed by atoms with Crippen molar-refractivity contribution in [1.29, 1.82) is 5.26 Å². The summed E-state index contributed by atoms with van der Waals surface area (Å²) in [6, 6.07) is 5.61. The fraction of sp³-hybridized carbons (Fsp3) is 0.250. The first-order valence-corrected chi connectivity index (χ1v) is 6.04. The molecule has 5 heteroatoms. The molecule has 1 N–H and O–H groups in total. The predicted molar refractivity (Wildman–Crippen MR) is 67.9 cm³/mol. The van der Waals surface area contributed by atoms with E-state index in [0.29, 0.717) is 17.9 Å². The molecule has 2 heterocycles. The summed E-state index contributed by atoms with van der Waals surface area (Å²) < 4.78 is 0. The van der Waals surface area contributed by atoms with Crippen molar-refractivity contribution in [3.8, 4) is 6.07 Å². The Morgan fingerprint density at radius 1 is 1.47 bits per heavy atom. The fourth-order valence-corrected chi connectivity index (χ4v) is 2.37. The largest absolute Gasteiger partial charge is 0.363 e. The molecule has 0 spiro atoms. The maximum Gasteiger partial charge on any atom is 0.144 e. The minimum atomic E-state index is 0.553. The Balaban J connectivity index is 2.13. The lowest BCUT2D eigenvalue weighted by Crippen LogP contribution is -2.04. The number of nitrogens with zero attached hydrogens (tertiary/aromatic N) is 3. The summed E-state index contributed by atoms with van der Waals surface area (Å²) in [5.74, 6) is 0.611. The van der Waals surface area contributed by atoms with E-state index in [1.807, 2.05) is 13.8 Å². The number of pyridine rings is 1. The molecule has 2 aromatic rings. The highest BCUT2D eigenvalue weighted by atomic mass is 32.1. The van der Waals surface area contributed by atoms with Crippen molar-refractivity contribution >= 4 is 17.2 Å². The third-order valence-corrected chi connectivity index (χ3v) is 3.28. The summed E-state index contributed by atoms with van der Waals surface area (Å²) in [7, 11) is 0. The van der Waals surface area contributed by atoms with Gasteiger partial charge in [0.1, 0.15) is 11.9 Å². The average Bonchev–Trinajstić information content (AvgIpc) is 2.65. The van der Waals surface area contributed by atoms with Crippen molar-refractivity contribution in [2.24, 2.45) is 0 Å². The van der Waals surface area contributed by atoms with Crippen LogP contribution in [0.5, 0.6) is 0 Å². The summed E-state index contributed by atoms with van der Waals surface area (Å²) in [5.41, 5.74) is 1.57. The molecule has 0 fully saturated rings. The number of aromatic nitrogens is 2. The van der Waals surface area contributed by atoms with Gasteiger partial charge in [-0.1, -0.05) is 0 Å². The zero-order valence-electron chi connectivity index (χ0n) is 9.69. The Labute approximate surface area is 104 Å². The van der Waals surface area contributed by atoms with Crippen molar-refractivity contribution in [1.82, 2.24) is 9.97 Å². The molecule has 0 amide bonds. The Morgan fingerprint density at radius 2 is 2.29 bits per heavy atom. The van der Waals surface area contributed by atoms with Crippen molar-refractivity contribution in [3.05, 3.63) is 39.5 Å². The maximum atomic E-state index is 8.93. The normalized spacial score (nSPS) is 9.94. The van der Waals surface area contributed by atoms with Crippen LogP contribution < -0.4 is 5.32 Å². The first kappa shape index (κ1) is 11.6. The topological polar surface area (TPSA) is 61.6 Å². The molecule has 0 atom stereocenters. The van der Waals surface area contributed by atoms with E-state index in [2.05, 4.69) is 21.4 Å². The summed E-state index contributed by atoms with van der Waals surface area (Å²) in [5, 5.41) is 13.1. The predicted octanol–water partition coefficient (Wildman–Crippen LogP) is 2.64. The van der Waals surface area contributed by atoms with Crippen LogP contribution in [0.1, 0.15) is 21.1 Å². The molecule has 2 aromatic heterocycles. The highest BCUT2D eigenvalue weighted by molar-refractivity contribution is 7.11. The third kappa shape index (κ3) is 2.60. The van der Waals surface area contributed by atoms with E-state index in [9.17, 15) is 0 Å². The molecule has 17 heavy (non-hydrogen) atoms. The summed E-state index contributed by atoms with van der Waals surface area (Å²) in [4.78, 5) is 9.77. The molecular weight excluding hydrogens is 232 g/mol. The second-order valence-electron chi connectivity index (χ2n) is 3.60. The molecule has 0 saturated heterocycles. The van der Waals surface area contributed by atoms with Crippen LogP contribution in [-0.2, 0) is 6.54 Å². The summed E-state index contributed by atoms with van der Waals surface area (Å²) in [6.45, 7) is 4.63. The second kappa shape index (κ2) is 4.93. The van der Waals surface area contributed by atoms with Gasteiger partial charge in [-0.25, -0.2) is 9.97 Å². The lowest BCUT2D eigenvalue weighted by atomic mass is 10.3. The minimum Gasteiger partial charge on any atom is -0.363 e. The Morgan fingerprint density at radius 3 is 2.94 bits per heavy atom. The lowest BCUT2D eigenvalue weighted by molar-refractivity contribution is 1.02.